The van der Waals surface area contributed by atoms with Gasteiger partial charge >= 0.3 is 6.09 Å². The first-order valence-electron chi connectivity index (χ1n) is 8.42. The van der Waals surface area contributed by atoms with Crippen LogP contribution in [-0.4, -0.2) is 29.4 Å². The molecule has 24 heavy (non-hydrogen) atoms. The molecule has 124 valence electrons. The molecule has 2 aliphatic carbocycles. The van der Waals surface area contributed by atoms with E-state index in [1.54, 1.807) is 0 Å². The Morgan fingerprint density at radius 3 is 2.25 bits per heavy atom. The summed E-state index contributed by atoms with van der Waals surface area (Å²) < 4.78 is 5.47. The molecule has 4 nitrogen and oxygen atoms in total. The summed E-state index contributed by atoms with van der Waals surface area (Å²) in [7, 11) is 0. The average molecular weight is 323 g/mol. The van der Waals surface area contributed by atoms with Gasteiger partial charge in [-0.15, -0.1) is 0 Å². The third-order valence-electron chi connectivity index (χ3n) is 5.25. The summed E-state index contributed by atoms with van der Waals surface area (Å²) in [4.78, 5) is 12.1. The van der Waals surface area contributed by atoms with Gasteiger partial charge in [0.25, 0.3) is 0 Å². The van der Waals surface area contributed by atoms with Gasteiger partial charge in [-0.2, -0.15) is 0 Å². The van der Waals surface area contributed by atoms with Crippen LogP contribution < -0.4 is 5.32 Å². The smallest absolute Gasteiger partial charge is 0.407 e. The third-order valence-corrected chi connectivity index (χ3v) is 5.25. The van der Waals surface area contributed by atoms with E-state index in [0.717, 1.165) is 12.8 Å². The lowest BCUT2D eigenvalue weighted by atomic mass is 9.98. The van der Waals surface area contributed by atoms with Crippen LogP contribution in [0.4, 0.5) is 4.79 Å². The van der Waals surface area contributed by atoms with Crippen LogP contribution in [0.3, 0.4) is 0 Å². The third kappa shape index (κ3) is 2.57. The van der Waals surface area contributed by atoms with E-state index in [-0.39, 0.29) is 12.0 Å². The molecule has 4 rings (SSSR count). The minimum absolute atomic E-state index is 0.0578. The highest BCUT2D eigenvalue weighted by Gasteiger charge is 2.46. The fraction of sp³-hybridized carbons (Fsp3) is 0.350. The lowest BCUT2D eigenvalue weighted by Gasteiger charge is -2.20. The zero-order valence-electron chi connectivity index (χ0n) is 13.7. The first-order valence-corrected chi connectivity index (χ1v) is 8.42. The Morgan fingerprint density at radius 2 is 1.71 bits per heavy atom. The van der Waals surface area contributed by atoms with E-state index in [1.165, 1.54) is 22.3 Å². The molecule has 0 unspecified atom stereocenters. The number of fused-ring (bicyclic) bond motifs is 3. The molecule has 2 aromatic carbocycles. The van der Waals surface area contributed by atoms with Gasteiger partial charge < -0.3 is 15.2 Å². The van der Waals surface area contributed by atoms with E-state index >= 15 is 0 Å². The van der Waals surface area contributed by atoms with Gasteiger partial charge in [-0.05, 0) is 42.0 Å². The number of ether oxygens (including phenoxy) is 1. The van der Waals surface area contributed by atoms with Crippen LogP contribution in [0.25, 0.3) is 11.1 Å². The number of hydrogen-bond donors (Lipinski definition) is 2. The number of carbonyl (C=O) groups excluding carboxylic acids is 1. The molecule has 0 radical (unpaired) electrons. The highest BCUT2D eigenvalue weighted by atomic mass is 16.5. The maximum absolute atomic E-state index is 12.1. The Balaban J connectivity index is 1.47. The van der Waals surface area contributed by atoms with Gasteiger partial charge in [-0.1, -0.05) is 48.5 Å². The highest BCUT2D eigenvalue weighted by Crippen LogP contribution is 2.44. The Kier molecular flexibility index (Phi) is 3.57. The van der Waals surface area contributed by atoms with Gasteiger partial charge in [-0.3, -0.25) is 0 Å². The normalized spacial score (nSPS) is 18.4. The van der Waals surface area contributed by atoms with Crippen LogP contribution in [0.5, 0.6) is 0 Å². The quantitative estimate of drug-likeness (QED) is 0.906. The Hall–Kier alpha value is -2.33. The predicted octanol–water partition coefficient (Wildman–Crippen LogP) is 3.44. The maximum Gasteiger partial charge on any atom is 0.407 e. The van der Waals surface area contributed by atoms with Gasteiger partial charge in [0.1, 0.15) is 6.61 Å². The average Bonchev–Trinajstić information content (AvgIpc) is 3.27. The fourth-order valence-electron chi connectivity index (χ4n) is 3.51. The Bertz CT molecular complexity index is 736. The van der Waals surface area contributed by atoms with Crippen LogP contribution in [0.2, 0.25) is 0 Å². The van der Waals surface area contributed by atoms with Gasteiger partial charge in [-0.25, -0.2) is 4.79 Å². The SMILES string of the molecule is C[C@H](NC(=O)OCC1c2ccccc2-c2ccccc21)C1(O)CC1. The molecule has 1 saturated carbocycles. The summed E-state index contributed by atoms with van der Waals surface area (Å²) in [5.41, 5.74) is 4.07. The number of carbonyl (C=O) groups is 1. The number of aliphatic hydroxyl groups is 1. The standard InChI is InChI=1S/C20H21NO3/c1-13(20(23)10-11-20)21-19(22)24-12-18-16-8-4-2-6-14(16)15-7-3-5-9-17(15)18/h2-9,13,18,23H,10-12H2,1H3,(H,21,22)/t13-/m0/s1. The number of amides is 1. The van der Waals surface area contributed by atoms with Crippen LogP contribution in [0.15, 0.2) is 48.5 Å². The van der Waals surface area contributed by atoms with E-state index in [1.807, 2.05) is 31.2 Å². The molecule has 0 aliphatic heterocycles. The topological polar surface area (TPSA) is 58.6 Å². The predicted molar refractivity (Wildman–Crippen MR) is 91.9 cm³/mol. The summed E-state index contributed by atoms with van der Waals surface area (Å²) in [6, 6.07) is 16.2. The van der Waals surface area contributed by atoms with E-state index in [4.69, 9.17) is 4.74 Å². The summed E-state index contributed by atoms with van der Waals surface area (Å²) in [5.74, 6) is 0.0578. The molecular weight excluding hydrogens is 302 g/mol. The molecule has 2 aromatic rings. The summed E-state index contributed by atoms with van der Waals surface area (Å²) >= 11 is 0. The number of benzene rings is 2. The van der Waals surface area contributed by atoms with E-state index in [9.17, 15) is 9.90 Å². The fourth-order valence-corrected chi connectivity index (χ4v) is 3.51. The van der Waals surface area contributed by atoms with Crippen LogP contribution in [0.1, 0.15) is 36.8 Å². The van der Waals surface area contributed by atoms with Crippen molar-refractivity contribution in [3.63, 3.8) is 0 Å². The van der Waals surface area contributed by atoms with Gasteiger partial charge in [0, 0.05) is 5.92 Å². The van der Waals surface area contributed by atoms with Crippen LogP contribution >= 0.6 is 0 Å². The van der Waals surface area contributed by atoms with Crippen molar-refractivity contribution in [1.82, 2.24) is 5.32 Å². The van der Waals surface area contributed by atoms with Crippen LogP contribution in [-0.2, 0) is 4.74 Å². The van der Waals surface area contributed by atoms with E-state index in [2.05, 4.69) is 29.6 Å². The van der Waals surface area contributed by atoms with Crippen molar-refractivity contribution in [2.45, 2.75) is 37.3 Å². The first-order chi connectivity index (χ1) is 11.6. The number of hydrogen-bond acceptors (Lipinski definition) is 3. The molecule has 1 fully saturated rings. The van der Waals surface area contributed by atoms with Crippen LogP contribution in [0, 0.1) is 0 Å². The number of alkyl carbamates (subject to hydrolysis) is 1. The molecule has 0 saturated heterocycles. The van der Waals surface area contributed by atoms with E-state index in [0.29, 0.717) is 6.61 Å². The summed E-state index contributed by atoms with van der Waals surface area (Å²) in [5, 5.41) is 12.8. The molecule has 0 spiro atoms. The van der Waals surface area contributed by atoms with Gasteiger partial charge in [0.05, 0.1) is 11.6 Å². The lowest BCUT2D eigenvalue weighted by Crippen LogP contribution is -2.43. The zero-order valence-corrected chi connectivity index (χ0v) is 13.7. The highest BCUT2D eigenvalue weighted by molar-refractivity contribution is 5.79. The second kappa shape index (κ2) is 5.64. The summed E-state index contributed by atoms with van der Waals surface area (Å²) in [6.45, 7) is 2.11. The minimum atomic E-state index is -0.744. The Morgan fingerprint density at radius 1 is 1.17 bits per heavy atom. The molecule has 0 heterocycles. The lowest BCUT2D eigenvalue weighted by molar-refractivity contribution is 0.0932. The molecule has 2 aliphatic rings. The molecule has 4 heteroatoms. The molecule has 1 amide bonds. The summed E-state index contributed by atoms with van der Waals surface area (Å²) in [6.07, 6.45) is 1.00. The molecule has 2 N–H and O–H groups in total. The number of rotatable bonds is 4. The maximum atomic E-state index is 12.1. The molecule has 1 atom stereocenters. The minimum Gasteiger partial charge on any atom is -0.449 e. The van der Waals surface area contributed by atoms with Crippen molar-refractivity contribution in [3.05, 3.63) is 59.7 Å². The van der Waals surface area contributed by atoms with Gasteiger partial charge in [0.15, 0.2) is 0 Å². The Labute approximate surface area is 141 Å². The molecule has 0 aromatic heterocycles. The second-order valence-electron chi connectivity index (χ2n) is 6.80. The van der Waals surface area contributed by atoms with Crippen molar-refractivity contribution >= 4 is 6.09 Å². The first kappa shape index (κ1) is 15.2. The van der Waals surface area contributed by atoms with Crippen molar-refractivity contribution in [2.24, 2.45) is 0 Å². The second-order valence-corrected chi connectivity index (χ2v) is 6.80. The van der Waals surface area contributed by atoms with E-state index < -0.39 is 11.7 Å². The molecular formula is C20H21NO3. The zero-order chi connectivity index (χ0) is 16.7. The number of nitrogens with one attached hydrogen (secondary N) is 1. The monoisotopic (exact) mass is 323 g/mol. The van der Waals surface area contributed by atoms with Crippen molar-refractivity contribution in [1.29, 1.82) is 0 Å². The largest absolute Gasteiger partial charge is 0.449 e. The molecule has 0 bridgehead atoms. The van der Waals surface area contributed by atoms with Crippen molar-refractivity contribution in [2.75, 3.05) is 6.61 Å². The van der Waals surface area contributed by atoms with Gasteiger partial charge in [0.2, 0.25) is 0 Å². The van der Waals surface area contributed by atoms with Crippen molar-refractivity contribution in [3.8, 4) is 11.1 Å². The van der Waals surface area contributed by atoms with Crippen molar-refractivity contribution < 1.29 is 14.6 Å².